The van der Waals surface area contributed by atoms with E-state index >= 15 is 0 Å². The number of nitrogens with one attached hydrogen (secondary N) is 1. The number of carbonyl (C=O) groups is 3. The van der Waals surface area contributed by atoms with E-state index in [0.717, 1.165) is 34.7 Å². The van der Waals surface area contributed by atoms with Gasteiger partial charge in [-0.2, -0.15) is 5.01 Å². The Labute approximate surface area is 262 Å². The van der Waals surface area contributed by atoms with Gasteiger partial charge in [-0.15, -0.1) is 6.42 Å². The minimum Gasteiger partial charge on any atom is -0.508 e. The van der Waals surface area contributed by atoms with E-state index in [1.54, 1.807) is 34.2 Å². The number of anilines is 1. The monoisotopic (exact) mass is 608 g/mol. The number of urea groups is 1. The molecule has 0 spiro atoms. The molecular weight excluding hydrogens is 572 g/mol. The van der Waals surface area contributed by atoms with Crippen LogP contribution in [0.5, 0.6) is 11.5 Å². The van der Waals surface area contributed by atoms with Gasteiger partial charge in [0.1, 0.15) is 30.3 Å². The molecule has 0 aliphatic carbocycles. The summed E-state index contributed by atoms with van der Waals surface area (Å²) in [7, 11) is 2.01. The molecule has 232 valence electrons. The van der Waals surface area contributed by atoms with Gasteiger partial charge in [0, 0.05) is 26.6 Å². The van der Waals surface area contributed by atoms with E-state index < -0.39 is 18.2 Å². The maximum absolute atomic E-state index is 14.2. The first-order valence-electron chi connectivity index (χ1n) is 15.0. The first kappa shape index (κ1) is 29.8. The van der Waals surface area contributed by atoms with Crippen LogP contribution < -0.4 is 15.0 Å². The van der Waals surface area contributed by atoms with Crippen molar-refractivity contribution in [1.29, 1.82) is 0 Å². The number of hydrazine groups is 1. The maximum atomic E-state index is 14.2. The molecule has 2 fully saturated rings. The van der Waals surface area contributed by atoms with Crippen LogP contribution in [0.15, 0.2) is 72.8 Å². The fourth-order valence-electron chi connectivity index (χ4n) is 6.21. The van der Waals surface area contributed by atoms with Crippen LogP contribution in [0.25, 0.3) is 0 Å². The molecule has 45 heavy (non-hydrogen) atoms. The minimum absolute atomic E-state index is 0.0427. The van der Waals surface area contributed by atoms with Crippen molar-refractivity contribution in [2.24, 2.45) is 0 Å². The Bertz CT molecular complexity index is 1610. The molecule has 3 aromatic carbocycles. The summed E-state index contributed by atoms with van der Waals surface area (Å²) >= 11 is 0. The van der Waals surface area contributed by atoms with Crippen LogP contribution in [0.4, 0.5) is 10.5 Å². The number of benzene rings is 3. The van der Waals surface area contributed by atoms with Gasteiger partial charge in [-0.05, 0) is 41.0 Å². The van der Waals surface area contributed by atoms with Gasteiger partial charge in [0.05, 0.1) is 31.9 Å². The maximum Gasteiger partial charge on any atom is 0.334 e. The lowest BCUT2D eigenvalue weighted by Crippen LogP contribution is -2.76. The number of amides is 4. The van der Waals surface area contributed by atoms with Crippen LogP contribution in [0.2, 0.25) is 0 Å². The molecule has 6 rings (SSSR count). The van der Waals surface area contributed by atoms with Gasteiger partial charge in [-0.25, -0.2) is 9.80 Å². The third kappa shape index (κ3) is 6.23. The Balaban J connectivity index is 1.34. The number of hydrogen-bond donors (Lipinski definition) is 2. The predicted octanol–water partition coefficient (Wildman–Crippen LogP) is 2.40. The highest BCUT2D eigenvalue weighted by Gasteiger charge is 2.51. The van der Waals surface area contributed by atoms with E-state index in [2.05, 4.69) is 16.1 Å². The number of phenols is 1. The second kappa shape index (κ2) is 12.8. The van der Waals surface area contributed by atoms with Crippen molar-refractivity contribution in [3.8, 4) is 23.8 Å². The smallest absolute Gasteiger partial charge is 0.334 e. The van der Waals surface area contributed by atoms with Crippen LogP contribution in [-0.2, 0) is 29.1 Å². The Kier molecular flexibility index (Phi) is 8.49. The molecule has 3 aromatic rings. The lowest BCUT2D eigenvalue weighted by Gasteiger charge is -2.55. The Morgan fingerprint density at radius 1 is 1.04 bits per heavy atom. The number of fused-ring (bicyclic) bond motifs is 2. The number of carbonyl (C=O) groups excluding carboxylic acids is 3. The van der Waals surface area contributed by atoms with Crippen molar-refractivity contribution in [2.45, 2.75) is 31.7 Å². The summed E-state index contributed by atoms with van der Waals surface area (Å²) < 4.78 is 5.91. The molecule has 2 atom stereocenters. The zero-order valence-corrected chi connectivity index (χ0v) is 25.1. The van der Waals surface area contributed by atoms with Crippen molar-refractivity contribution in [3.05, 3.63) is 89.5 Å². The van der Waals surface area contributed by atoms with E-state index in [9.17, 15) is 19.5 Å². The van der Waals surface area contributed by atoms with E-state index in [1.165, 1.54) is 9.91 Å². The van der Waals surface area contributed by atoms with Crippen LogP contribution >= 0.6 is 0 Å². The lowest BCUT2D eigenvalue weighted by molar-refractivity contribution is -0.189. The van der Waals surface area contributed by atoms with Gasteiger partial charge in [0.15, 0.2) is 0 Å². The summed E-state index contributed by atoms with van der Waals surface area (Å²) in [6.07, 6.45) is 5.10. The van der Waals surface area contributed by atoms with Crippen LogP contribution in [-0.4, -0.2) is 94.8 Å². The summed E-state index contributed by atoms with van der Waals surface area (Å²) in [5.74, 6) is 2.92. The van der Waals surface area contributed by atoms with Gasteiger partial charge in [0.25, 0.3) is 0 Å². The van der Waals surface area contributed by atoms with Crippen LogP contribution in [0, 0.1) is 12.3 Å². The predicted molar refractivity (Wildman–Crippen MR) is 168 cm³/mol. The zero-order chi connectivity index (χ0) is 31.5. The number of terminal acetylenes is 1. The van der Waals surface area contributed by atoms with Gasteiger partial charge < -0.3 is 29.9 Å². The second-order valence-electron chi connectivity index (χ2n) is 11.5. The van der Waals surface area contributed by atoms with Crippen molar-refractivity contribution in [3.63, 3.8) is 0 Å². The molecule has 3 aliphatic heterocycles. The van der Waals surface area contributed by atoms with Crippen LogP contribution in [0.3, 0.4) is 0 Å². The number of aromatic hydroxyl groups is 1. The number of rotatable bonds is 7. The van der Waals surface area contributed by atoms with Crippen LogP contribution in [0.1, 0.15) is 16.7 Å². The summed E-state index contributed by atoms with van der Waals surface area (Å²) in [4.78, 5) is 47.2. The average Bonchev–Trinajstić information content (AvgIpc) is 3.03. The molecule has 11 nitrogen and oxygen atoms in total. The minimum atomic E-state index is -0.877. The molecule has 0 aromatic heterocycles. The molecule has 4 amide bonds. The molecule has 3 heterocycles. The first-order valence-corrected chi connectivity index (χ1v) is 15.0. The number of phenolic OH excluding ortho intramolecular Hbond substituents is 1. The number of likely N-dealkylation sites (N-methyl/N-ethyl adjacent to an activating group) is 1. The fourth-order valence-corrected chi connectivity index (χ4v) is 6.21. The molecule has 2 saturated heterocycles. The van der Waals surface area contributed by atoms with Crippen molar-refractivity contribution >= 4 is 23.5 Å². The second-order valence-corrected chi connectivity index (χ2v) is 11.5. The summed E-state index contributed by atoms with van der Waals surface area (Å²) in [5, 5.41) is 15.9. The Morgan fingerprint density at radius 3 is 2.56 bits per heavy atom. The van der Waals surface area contributed by atoms with Gasteiger partial charge in [-0.3, -0.25) is 9.59 Å². The molecule has 11 heteroatoms. The summed E-state index contributed by atoms with van der Waals surface area (Å²) in [6, 6.07) is 20.7. The summed E-state index contributed by atoms with van der Waals surface area (Å²) in [6.45, 7) is 1.89. The highest BCUT2D eigenvalue weighted by atomic mass is 16.5. The molecule has 0 saturated carbocycles. The largest absolute Gasteiger partial charge is 0.508 e. The zero-order valence-electron chi connectivity index (χ0n) is 25.1. The molecule has 1 unspecified atom stereocenters. The molecule has 3 aliphatic rings. The standard InChI is InChI=1S/C34H36N6O5/c1-3-15-38-23-32(42)39-29(18-24-9-12-27(41)13-10-24)33(43)37(21-26-11-14-28-30(19-26)45-17-16-36(28)2)22-31(39)40(38)34(44)35-20-25-7-5-4-6-8-25/h1,4-14,19,29,31,41H,15-18,20-23H2,2H3,(H,35,44)/t29-,31?/m0/s1. The SMILES string of the molecule is C#CCN1CC(=O)N2C(CN(Cc3ccc4c(c3)OCCN4C)C(=O)[C@@H]2Cc2ccc(O)cc2)N1C(=O)NCc1ccccc1. The number of hydrogen-bond acceptors (Lipinski definition) is 7. The Morgan fingerprint density at radius 2 is 1.80 bits per heavy atom. The fraction of sp³-hybridized carbons (Fsp3) is 0.324. The lowest BCUT2D eigenvalue weighted by atomic mass is 9.98. The van der Waals surface area contributed by atoms with Crippen molar-refractivity contribution < 1.29 is 24.2 Å². The third-order valence-corrected chi connectivity index (χ3v) is 8.46. The molecule has 0 bridgehead atoms. The third-order valence-electron chi connectivity index (χ3n) is 8.46. The topological polar surface area (TPSA) is 109 Å². The van der Waals surface area contributed by atoms with E-state index in [4.69, 9.17) is 11.2 Å². The highest BCUT2D eigenvalue weighted by Crippen LogP contribution is 2.33. The normalized spacial score (nSPS) is 19.8. The van der Waals surface area contributed by atoms with E-state index in [0.29, 0.717) is 6.61 Å². The van der Waals surface area contributed by atoms with Gasteiger partial charge in [-0.1, -0.05) is 54.5 Å². The number of nitrogens with zero attached hydrogens (tertiary/aromatic N) is 5. The first-order chi connectivity index (χ1) is 21.8. The quantitative estimate of drug-likeness (QED) is 0.397. The van der Waals surface area contributed by atoms with Gasteiger partial charge >= 0.3 is 6.03 Å². The van der Waals surface area contributed by atoms with E-state index in [-0.39, 0.29) is 56.7 Å². The average molecular weight is 609 g/mol. The highest BCUT2D eigenvalue weighted by molar-refractivity contribution is 5.91. The number of ether oxygens (including phenoxy) is 1. The molecule has 0 radical (unpaired) electrons. The molecule has 2 N–H and O–H groups in total. The molecular formula is C34H36N6O5. The summed E-state index contributed by atoms with van der Waals surface area (Å²) in [5.41, 5.74) is 3.55. The van der Waals surface area contributed by atoms with Crippen molar-refractivity contribution in [1.82, 2.24) is 25.1 Å². The van der Waals surface area contributed by atoms with E-state index in [1.807, 2.05) is 55.6 Å². The Hall–Kier alpha value is -5.21. The number of piperazine rings is 1. The van der Waals surface area contributed by atoms with Crippen molar-refractivity contribution in [2.75, 3.05) is 44.7 Å². The van der Waals surface area contributed by atoms with Gasteiger partial charge in [0.2, 0.25) is 11.8 Å².